The Morgan fingerprint density at radius 3 is 2.08 bits per heavy atom. The molecule has 0 aliphatic heterocycles. The van der Waals surface area contributed by atoms with Gasteiger partial charge in [0.15, 0.2) is 23.3 Å². The van der Waals surface area contributed by atoms with E-state index >= 15 is 0 Å². The number of hydrogen-bond acceptors (Lipinski definition) is 2. The van der Waals surface area contributed by atoms with Crippen LogP contribution < -0.4 is 0 Å². The summed E-state index contributed by atoms with van der Waals surface area (Å²) in [5.41, 5.74) is -1.10. The van der Waals surface area contributed by atoms with Gasteiger partial charge in [-0.1, -0.05) is 24.3 Å². The van der Waals surface area contributed by atoms with Crippen molar-refractivity contribution in [3.05, 3.63) is 78.0 Å². The molecule has 122 valence electrons. The van der Waals surface area contributed by atoms with Gasteiger partial charge in [-0.15, -0.1) is 0 Å². The first kappa shape index (κ1) is 16.3. The predicted molar refractivity (Wildman–Crippen MR) is 80.6 cm³/mol. The fourth-order valence-corrected chi connectivity index (χ4v) is 3.37. The number of halogens is 4. The van der Waals surface area contributed by atoms with Crippen LogP contribution in [0, 0.1) is 23.3 Å². The maximum absolute atomic E-state index is 14.1. The lowest BCUT2D eigenvalue weighted by Crippen LogP contribution is -2.03. The van der Waals surface area contributed by atoms with Crippen molar-refractivity contribution in [2.24, 2.45) is 0 Å². The molecule has 3 rings (SSSR count). The lowest BCUT2D eigenvalue weighted by molar-refractivity contribution is 0.458. The summed E-state index contributed by atoms with van der Waals surface area (Å²) in [4.78, 5) is 3.93. The van der Waals surface area contributed by atoms with Crippen LogP contribution in [-0.2, 0) is 10.8 Å². The van der Waals surface area contributed by atoms with E-state index in [1.165, 1.54) is 36.5 Å². The van der Waals surface area contributed by atoms with Gasteiger partial charge in [0, 0.05) is 17.8 Å². The zero-order valence-electron chi connectivity index (χ0n) is 12.0. The summed E-state index contributed by atoms with van der Waals surface area (Å²) in [6.45, 7) is 0. The lowest BCUT2D eigenvalue weighted by Gasteiger charge is -2.12. The molecule has 0 fully saturated rings. The van der Waals surface area contributed by atoms with Crippen molar-refractivity contribution in [2.45, 2.75) is 9.92 Å². The normalized spacial score (nSPS) is 12.2. The highest BCUT2D eigenvalue weighted by Gasteiger charge is 2.24. The fraction of sp³-hybridized carbons (Fsp3) is 0. The molecule has 0 saturated carbocycles. The SMILES string of the molecule is O=S(c1ccccn1)c1ccccc1-c1c(F)c(F)cc(F)c1F. The minimum atomic E-state index is -1.88. The van der Waals surface area contributed by atoms with E-state index in [4.69, 9.17) is 0 Å². The summed E-state index contributed by atoms with van der Waals surface area (Å²) in [5, 5.41) is 0.155. The van der Waals surface area contributed by atoms with Gasteiger partial charge in [0.2, 0.25) is 0 Å². The fourth-order valence-electron chi connectivity index (χ4n) is 2.21. The first-order chi connectivity index (χ1) is 11.5. The second-order valence-corrected chi connectivity index (χ2v) is 6.17. The quantitative estimate of drug-likeness (QED) is 0.515. The third kappa shape index (κ3) is 2.82. The first-order valence-electron chi connectivity index (χ1n) is 6.76. The van der Waals surface area contributed by atoms with Crippen LogP contribution >= 0.6 is 0 Å². The van der Waals surface area contributed by atoms with Crippen LogP contribution in [0.2, 0.25) is 0 Å². The molecule has 0 aliphatic rings. The van der Waals surface area contributed by atoms with Gasteiger partial charge in [0.1, 0.15) is 15.8 Å². The maximum Gasteiger partial charge on any atom is 0.169 e. The van der Waals surface area contributed by atoms with E-state index in [0.717, 1.165) is 0 Å². The summed E-state index contributed by atoms with van der Waals surface area (Å²) >= 11 is 0. The van der Waals surface area contributed by atoms with Gasteiger partial charge in [-0.05, 0) is 18.2 Å². The van der Waals surface area contributed by atoms with Crippen molar-refractivity contribution in [2.75, 3.05) is 0 Å². The Kier molecular flexibility index (Phi) is 4.44. The predicted octanol–water partition coefficient (Wildman–Crippen LogP) is 4.47. The lowest BCUT2D eigenvalue weighted by atomic mass is 10.0. The van der Waals surface area contributed by atoms with Crippen LogP contribution in [0.3, 0.4) is 0 Å². The van der Waals surface area contributed by atoms with Crippen LogP contribution in [0.4, 0.5) is 17.6 Å². The molecule has 0 radical (unpaired) electrons. The smallest absolute Gasteiger partial charge is 0.169 e. The first-order valence-corrected chi connectivity index (χ1v) is 7.91. The molecular formula is C17H9F4NOS. The molecule has 1 unspecified atom stereocenters. The van der Waals surface area contributed by atoms with Gasteiger partial charge >= 0.3 is 0 Å². The van der Waals surface area contributed by atoms with Crippen molar-refractivity contribution < 1.29 is 21.8 Å². The topological polar surface area (TPSA) is 30.0 Å². The molecule has 2 aromatic carbocycles. The highest BCUT2D eigenvalue weighted by atomic mass is 32.2. The second kappa shape index (κ2) is 6.52. The van der Waals surface area contributed by atoms with Gasteiger partial charge in [0.25, 0.3) is 0 Å². The Labute approximate surface area is 137 Å². The van der Waals surface area contributed by atoms with Crippen molar-refractivity contribution in [1.29, 1.82) is 0 Å². The zero-order chi connectivity index (χ0) is 17.3. The summed E-state index contributed by atoms with van der Waals surface area (Å²) in [5.74, 6) is -6.14. The standard InChI is InChI=1S/C17H9F4NOS/c18-11-9-12(19)17(21)15(16(11)20)10-5-1-2-6-13(10)24(23)14-7-3-4-8-22-14/h1-9H. The summed E-state index contributed by atoms with van der Waals surface area (Å²) in [7, 11) is -1.88. The van der Waals surface area contributed by atoms with Gasteiger partial charge in [0.05, 0.1) is 10.5 Å². The highest BCUT2D eigenvalue weighted by Crippen LogP contribution is 2.34. The van der Waals surface area contributed by atoms with Gasteiger partial charge in [-0.3, -0.25) is 0 Å². The molecule has 0 saturated heterocycles. The Bertz CT molecular complexity index is 905. The molecule has 7 heteroatoms. The third-order valence-electron chi connectivity index (χ3n) is 3.30. The molecule has 2 nitrogen and oxygen atoms in total. The monoisotopic (exact) mass is 351 g/mol. The van der Waals surface area contributed by atoms with E-state index in [-0.39, 0.29) is 21.6 Å². The molecule has 0 amide bonds. The third-order valence-corrected chi connectivity index (χ3v) is 4.67. The molecule has 0 N–H and O–H groups in total. The molecule has 24 heavy (non-hydrogen) atoms. The van der Waals surface area contributed by atoms with Crippen molar-refractivity contribution in [1.82, 2.24) is 4.98 Å². The van der Waals surface area contributed by atoms with E-state index in [0.29, 0.717) is 0 Å². The van der Waals surface area contributed by atoms with Crippen molar-refractivity contribution in [3.8, 4) is 11.1 Å². The number of pyridine rings is 1. The number of aromatic nitrogens is 1. The van der Waals surface area contributed by atoms with E-state index in [9.17, 15) is 21.8 Å². The summed E-state index contributed by atoms with van der Waals surface area (Å²) < 4.78 is 67.8. The Morgan fingerprint density at radius 2 is 1.46 bits per heavy atom. The average molecular weight is 351 g/mol. The summed E-state index contributed by atoms with van der Waals surface area (Å²) in [6.07, 6.45) is 1.42. The van der Waals surface area contributed by atoms with Gasteiger partial charge < -0.3 is 0 Å². The minimum absolute atomic E-state index is 0.000926. The minimum Gasteiger partial charge on any atom is -0.247 e. The Hall–Kier alpha value is -2.54. The Balaban J connectivity index is 2.24. The van der Waals surface area contributed by atoms with Crippen LogP contribution in [-0.4, -0.2) is 9.19 Å². The average Bonchev–Trinajstić information content (AvgIpc) is 2.61. The van der Waals surface area contributed by atoms with E-state index < -0.39 is 39.6 Å². The molecule has 0 spiro atoms. The van der Waals surface area contributed by atoms with E-state index in [1.807, 2.05) is 0 Å². The highest BCUT2D eigenvalue weighted by molar-refractivity contribution is 7.85. The zero-order valence-corrected chi connectivity index (χ0v) is 12.8. The number of nitrogens with zero attached hydrogens (tertiary/aromatic N) is 1. The van der Waals surface area contributed by atoms with Crippen LogP contribution in [0.5, 0.6) is 0 Å². The van der Waals surface area contributed by atoms with Crippen LogP contribution in [0.15, 0.2) is 64.6 Å². The largest absolute Gasteiger partial charge is 0.247 e. The van der Waals surface area contributed by atoms with Gasteiger partial charge in [-0.25, -0.2) is 26.8 Å². The number of rotatable bonds is 3. The summed E-state index contributed by atoms with van der Waals surface area (Å²) in [6, 6.07) is 10.4. The molecule has 3 aromatic rings. The number of hydrogen-bond donors (Lipinski definition) is 0. The molecule has 1 atom stereocenters. The molecular weight excluding hydrogens is 342 g/mol. The Morgan fingerprint density at radius 1 is 0.833 bits per heavy atom. The number of benzene rings is 2. The molecule has 0 aliphatic carbocycles. The van der Waals surface area contributed by atoms with Crippen LogP contribution in [0.25, 0.3) is 11.1 Å². The maximum atomic E-state index is 14.1. The van der Waals surface area contributed by atoms with Gasteiger partial charge in [-0.2, -0.15) is 0 Å². The molecule has 0 bridgehead atoms. The van der Waals surface area contributed by atoms with E-state index in [2.05, 4.69) is 4.98 Å². The van der Waals surface area contributed by atoms with E-state index in [1.54, 1.807) is 12.1 Å². The second-order valence-electron chi connectivity index (χ2n) is 4.78. The molecule has 1 aromatic heterocycles. The van der Waals surface area contributed by atoms with Crippen LogP contribution in [0.1, 0.15) is 0 Å². The van der Waals surface area contributed by atoms with Crippen molar-refractivity contribution >= 4 is 10.8 Å². The molecule has 1 heterocycles. The van der Waals surface area contributed by atoms with Crippen molar-refractivity contribution in [3.63, 3.8) is 0 Å².